The van der Waals surface area contributed by atoms with Crippen LogP contribution in [0.3, 0.4) is 0 Å². The molecule has 0 spiro atoms. The molecular formula is C23H29N7O3S. The molecule has 0 unspecified atom stereocenters. The van der Waals surface area contributed by atoms with E-state index >= 15 is 0 Å². The van der Waals surface area contributed by atoms with Crippen LogP contribution in [0.25, 0.3) is 21.6 Å². The lowest BCUT2D eigenvalue weighted by Crippen LogP contribution is -2.49. The van der Waals surface area contributed by atoms with E-state index in [2.05, 4.69) is 26.2 Å². The molecule has 5 rings (SSSR count). The second-order valence-electron chi connectivity index (χ2n) is 8.39. The van der Waals surface area contributed by atoms with Crippen LogP contribution in [-0.4, -0.2) is 102 Å². The molecule has 10 nitrogen and oxygen atoms in total. The summed E-state index contributed by atoms with van der Waals surface area (Å²) in [4.78, 5) is 33.6. The number of amides is 1. The molecule has 5 heterocycles. The van der Waals surface area contributed by atoms with Crippen LogP contribution in [0.15, 0.2) is 24.4 Å². The highest BCUT2D eigenvalue weighted by molar-refractivity contribution is 7.19. The third kappa shape index (κ3) is 4.83. The van der Waals surface area contributed by atoms with E-state index in [1.165, 1.54) is 4.88 Å². The van der Waals surface area contributed by atoms with Crippen LogP contribution in [0, 0.1) is 0 Å². The highest BCUT2D eigenvalue weighted by Crippen LogP contribution is 2.35. The number of piperazine rings is 1. The van der Waals surface area contributed by atoms with Gasteiger partial charge in [0.1, 0.15) is 12.4 Å². The van der Waals surface area contributed by atoms with Crippen LogP contribution in [0.5, 0.6) is 0 Å². The van der Waals surface area contributed by atoms with E-state index in [1.54, 1.807) is 22.4 Å². The smallest absolute Gasteiger partial charge is 0.248 e. The molecule has 1 amide bonds. The molecule has 0 saturated carbocycles. The van der Waals surface area contributed by atoms with Crippen molar-refractivity contribution in [3.63, 3.8) is 0 Å². The average Bonchev–Trinajstić information content (AvgIpc) is 3.31. The number of rotatable bonds is 6. The number of fused-ring (bicyclic) bond motifs is 1. The number of anilines is 2. The Kier molecular flexibility index (Phi) is 6.86. The predicted molar refractivity (Wildman–Crippen MR) is 132 cm³/mol. The first kappa shape index (κ1) is 22.9. The number of carbonyl (C=O) groups is 1. The Morgan fingerprint density at radius 1 is 1.15 bits per heavy atom. The monoisotopic (exact) mass is 483 g/mol. The van der Waals surface area contributed by atoms with Gasteiger partial charge in [0.15, 0.2) is 11.6 Å². The summed E-state index contributed by atoms with van der Waals surface area (Å²) < 4.78 is 6.66. The third-order valence-corrected chi connectivity index (χ3v) is 7.34. The molecule has 2 aliphatic rings. The fourth-order valence-electron chi connectivity index (χ4n) is 4.31. The van der Waals surface area contributed by atoms with E-state index < -0.39 is 6.61 Å². The maximum atomic E-state index is 11.7. The molecule has 0 radical (unpaired) electrons. The topological polar surface area (TPSA) is 107 Å². The van der Waals surface area contributed by atoms with E-state index in [4.69, 9.17) is 19.8 Å². The zero-order valence-corrected chi connectivity index (χ0v) is 20.1. The number of aliphatic hydroxyl groups excluding tert-OH is 1. The van der Waals surface area contributed by atoms with E-state index in [9.17, 15) is 4.79 Å². The number of hydrogen-bond donors (Lipinski definition) is 2. The summed E-state index contributed by atoms with van der Waals surface area (Å²) >= 11 is 1.74. The fourth-order valence-corrected chi connectivity index (χ4v) is 5.47. The SMILES string of the molecule is CNc1ccc(-c2nc(N3CCOCC3)c3sc(CN4CCN(C(=O)CO)CC4)cc3n2)cn1. The number of hydrogen-bond acceptors (Lipinski definition) is 10. The van der Waals surface area contributed by atoms with Crippen molar-refractivity contribution in [2.75, 3.05) is 76.4 Å². The van der Waals surface area contributed by atoms with Gasteiger partial charge in [0, 0.05) is 69.5 Å². The summed E-state index contributed by atoms with van der Waals surface area (Å²) in [7, 11) is 1.85. The first-order chi connectivity index (χ1) is 16.6. The molecule has 34 heavy (non-hydrogen) atoms. The maximum Gasteiger partial charge on any atom is 0.248 e. The van der Waals surface area contributed by atoms with Gasteiger partial charge < -0.3 is 25.0 Å². The van der Waals surface area contributed by atoms with Crippen LogP contribution in [0.4, 0.5) is 11.6 Å². The van der Waals surface area contributed by atoms with Gasteiger partial charge in [-0.2, -0.15) is 0 Å². The lowest BCUT2D eigenvalue weighted by Gasteiger charge is -2.34. The van der Waals surface area contributed by atoms with E-state index in [0.717, 1.165) is 60.1 Å². The maximum absolute atomic E-state index is 11.7. The number of aromatic nitrogens is 3. The summed E-state index contributed by atoms with van der Waals surface area (Å²) in [5.74, 6) is 2.23. The van der Waals surface area contributed by atoms with Crippen molar-refractivity contribution in [3.05, 3.63) is 29.3 Å². The number of aliphatic hydroxyl groups is 1. The fraction of sp³-hybridized carbons (Fsp3) is 0.478. The van der Waals surface area contributed by atoms with Crippen LogP contribution >= 0.6 is 11.3 Å². The van der Waals surface area contributed by atoms with Gasteiger partial charge in [-0.3, -0.25) is 9.69 Å². The molecule has 0 aliphatic carbocycles. The van der Waals surface area contributed by atoms with Gasteiger partial charge in [-0.05, 0) is 18.2 Å². The van der Waals surface area contributed by atoms with Crippen LogP contribution < -0.4 is 10.2 Å². The number of carbonyl (C=O) groups excluding carboxylic acids is 1. The van der Waals surface area contributed by atoms with Gasteiger partial charge in [-0.15, -0.1) is 11.3 Å². The number of thiophene rings is 1. The molecule has 0 atom stereocenters. The first-order valence-corrected chi connectivity index (χ1v) is 12.3. The predicted octanol–water partition coefficient (Wildman–Crippen LogP) is 1.27. The number of morpholine rings is 1. The number of nitrogens with one attached hydrogen (secondary N) is 1. The van der Waals surface area contributed by atoms with Crippen LogP contribution in [0.2, 0.25) is 0 Å². The zero-order chi connectivity index (χ0) is 23.5. The van der Waals surface area contributed by atoms with E-state index in [1.807, 2.05) is 19.2 Å². The van der Waals surface area contributed by atoms with E-state index in [0.29, 0.717) is 32.1 Å². The summed E-state index contributed by atoms with van der Waals surface area (Å²) in [6, 6.07) is 6.08. The minimum Gasteiger partial charge on any atom is -0.387 e. The largest absolute Gasteiger partial charge is 0.387 e. The molecule has 3 aromatic heterocycles. The number of nitrogens with zero attached hydrogens (tertiary/aromatic N) is 6. The normalized spacial score (nSPS) is 17.4. The van der Waals surface area contributed by atoms with Crippen molar-refractivity contribution in [1.82, 2.24) is 24.8 Å². The first-order valence-electron chi connectivity index (χ1n) is 11.5. The molecule has 2 aliphatic heterocycles. The lowest BCUT2D eigenvalue weighted by atomic mass is 10.2. The van der Waals surface area contributed by atoms with Crippen LogP contribution in [-0.2, 0) is 16.1 Å². The summed E-state index contributed by atoms with van der Waals surface area (Å²) in [6.45, 7) is 6.22. The van der Waals surface area contributed by atoms with Gasteiger partial charge in [-0.1, -0.05) is 0 Å². The zero-order valence-electron chi connectivity index (χ0n) is 19.2. The highest BCUT2D eigenvalue weighted by Gasteiger charge is 2.23. The summed E-state index contributed by atoms with van der Waals surface area (Å²) in [6.07, 6.45) is 1.80. The van der Waals surface area contributed by atoms with Crippen molar-refractivity contribution in [2.24, 2.45) is 0 Å². The molecule has 0 aromatic carbocycles. The lowest BCUT2D eigenvalue weighted by molar-refractivity contribution is -0.135. The molecule has 3 aromatic rings. The van der Waals surface area contributed by atoms with Gasteiger partial charge in [0.25, 0.3) is 0 Å². The van der Waals surface area contributed by atoms with Gasteiger partial charge in [-0.25, -0.2) is 15.0 Å². The van der Waals surface area contributed by atoms with Crippen molar-refractivity contribution in [2.45, 2.75) is 6.54 Å². The Balaban J connectivity index is 1.43. The Morgan fingerprint density at radius 3 is 2.62 bits per heavy atom. The Hall–Kier alpha value is -2.86. The molecule has 180 valence electrons. The van der Waals surface area contributed by atoms with Crippen LogP contribution in [0.1, 0.15) is 4.88 Å². The Bertz CT molecular complexity index is 1140. The molecule has 2 N–H and O–H groups in total. The third-order valence-electron chi connectivity index (χ3n) is 6.23. The van der Waals surface area contributed by atoms with Gasteiger partial charge in [0.05, 0.1) is 23.4 Å². The second-order valence-corrected chi connectivity index (χ2v) is 9.53. The van der Waals surface area contributed by atoms with Gasteiger partial charge in [0.2, 0.25) is 5.91 Å². The highest BCUT2D eigenvalue weighted by atomic mass is 32.1. The molecule has 11 heteroatoms. The van der Waals surface area contributed by atoms with Gasteiger partial charge >= 0.3 is 0 Å². The quantitative estimate of drug-likeness (QED) is 0.536. The standard InChI is InChI=1S/C23H29N7O3S/c1-24-19-3-2-16(13-25-19)22-26-18-12-17(14-28-4-6-29(7-5-28)20(32)15-31)34-21(18)23(27-22)30-8-10-33-11-9-30/h2-3,12-13,31H,4-11,14-15H2,1H3,(H,24,25). The molecule has 0 bridgehead atoms. The minimum atomic E-state index is -0.422. The minimum absolute atomic E-state index is 0.197. The Morgan fingerprint density at radius 2 is 1.94 bits per heavy atom. The van der Waals surface area contributed by atoms with Crippen molar-refractivity contribution >= 4 is 39.1 Å². The number of ether oxygens (including phenoxy) is 1. The van der Waals surface area contributed by atoms with Crippen molar-refractivity contribution in [1.29, 1.82) is 0 Å². The number of pyridine rings is 1. The molecule has 2 fully saturated rings. The summed E-state index contributed by atoms with van der Waals surface area (Å²) in [5.41, 5.74) is 1.83. The summed E-state index contributed by atoms with van der Waals surface area (Å²) in [5, 5.41) is 12.1. The van der Waals surface area contributed by atoms with Crippen molar-refractivity contribution in [3.8, 4) is 11.4 Å². The molecule has 2 saturated heterocycles. The molecular weight excluding hydrogens is 454 g/mol. The van der Waals surface area contributed by atoms with Crippen molar-refractivity contribution < 1.29 is 14.6 Å². The average molecular weight is 484 g/mol. The van der Waals surface area contributed by atoms with E-state index in [-0.39, 0.29) is 5.91 Å². The second kappa shape index (κ2) is 10.2. The Labute approximate surface area is 202 Å².